The molecule has 0 saturated heterocycles. The topological polar surface area (TPSA) is 38.0 Å². The third-order valence-corrected chi connectivity index (χ3v) is 4.47. The molecule has 106 valence electrons. The van der Waals surface area contributed by atoms with Gasteiger partial charge < -0.3 is 9.67 Å². The fourth-order valence-corrected chi connectivity index (χ4v) is 3.51. The van der Waals surface area contributed by atoms with Gasteiger partial charge in [0.2, 0.25) is 0 Å². The molecule has 4 rings (SSSR count). The number of rotatable bonds is 1. The Bertz CT molecular complexity index is 814. The first-order chi connectivity index (χ1) is 10.3. The van der Waals surface area contributed by atoms with E-state index in [-0.39, 0.29) is 6.10 Å². The number of aryl methyl sites for hydroxylation is 1. The zero-order valence-electron chi connectivity index (χ0n) is 12.1. The van der Waals surface area contributed by atoms with Crippen LogP contribution >= 0.6 is 0 Å². The van der Waals surface area contributed by atoms with Crippen molar-refractivity contribution in [3.8, 4) is 5.69 Å². The van der Waals surface area contributed by atoms with Crippen molar-refractivity contribution in [3.63, 3.8) is 0 Å². The molecule has 3 aromatic rings. The van der Waals surface area contributed by atoms with Crippen LogP contribution in [0.2, 0.25) is 0 Å². The van der Waals surface area contributed by atoms with Crippen molar-refractivity contribution in [1.29, 1.82) is 0 Å². The normalized spacial score (nSPS) is 17.9. The third-order valence-electron chi connectivity index (χ3n) is 4.47. The van der Waals surface area contributed by atoms with Gasteiger partial charge in [-0.2, -0.15) is 0 Å². The summed E-state index contributed by atoms with van der Waals surface area (Å²) in [7, 11) is 0. The monoisotopic (exact) mass is 278 g/mol. The van der Waals surface area contributed by atoms with E-state index in [0.717, 1.165) is 30.2 Å². The molecule has 2 heterocycles. The summed E-state index contributed by atoms with van der Waals surface area (Å²) < 4.78 is 2.31. The highest BCUT2D eigenvalue weighted by Crippen LogP contribution is 2.35. The molecule has 1 aliphatic rings. The standard InChI is InChI=1S/C18H18N2O/c1-12-10-15-17(6-3-7-18(15)21)20(12)16-5-2-4-13-11-19-9-8-14(13)16/h2,4-5,8-11,18,21H,3,6-7H2,1H3. The Hall–Kier alpha value is -2.13. The Kier molecular flexibility index (Phi) is 2.82. The molecule has 1 aliphatic carbocycles. The Morgan fingerprint density at radius 2 is 2.19 bits per heavy atom. The van der Waals surface area contributed by atoms with E-state index < -0.39 is 0 Å². The number of fused-ring (bicyclic) bond motifs is 2. The molecule has 2 aromatic heterocycles. The molecule has 0 bridgehead atoms. The van der Waals surface area contributed by atoms with E-state index in [9.17, 15) is 5.11 Å². The first-order valence-corrected chi connectivity index (χ1v) is 7.48. The van der Waals surface area contributed by atoms with Crippen molar-refractivity contribution in [1.82, 2.24) is 9.55 Å². The van der Waals surface area contributed by atoms with Gasteiger partial charge in [0.15, 0.2) is 0 Å². The van der Waals surface area contributed by atoms with Crippen LogP contribution in [0.3, 0.4) is 0 Å². The number of hydrogen-bond donors (Lipinski definition) is 1. The molecule has 0 aliphatic heterocycles. The predicted octanol–water partition coefficient (Wildman–Crippen LogP) is 3.70. The van der Waals surface area contributed by atoms with Crippen molar-refractivity contribution in [2.24, 2.45) is 0 Å². The lowest BCUT2D eigenvalue weighted by Crippen LogP contribution is -2.11. The van der Waals surface area contributed by atoms with Crippen molar-refractivity contribution in [3.05, 3.63) is 59.7 Å². The van der Waals surface area contributed by atoms with Gasteiger partial charge in [-0.3, -0.25) is 4.98 Å². The van der Waals surface area contributed by atoms with Crippen molar-refractivity contribution in [2.45, 2.75) is 32.3 Å². The molecule has 1 N–H and O–H groups in total. The number of hydrogen-bond acceptors (Lipinski definition) is 2. The second-order valence-electron chi connectivity index (χ2n) is 5.81. The number of aromatic nitrogens is 2. The minimum Gasteiger partial charge on any atom is -0.388 e. The van der Waals surface area contributed by atoms with Crippen LogP contribution in [-0.2, 0) is 6.42 Å². The molecule has 0 amide bonds. The molecule has 3 heteroatoms. The van der Waals surface area contributed by atoms with E-state index in [2.05, 4.69) is 46.8 Å². The smallest absolute Gasteiger partial charge is 0.0807 e. The summed E-state index contributed by atoms with van der Waals surface area (Å²) in [4.78, 5) is 4.21. The molecule has 1 aromatic carbocycles. The average molecular weight is 278 g/mol. The third kappa shape index (κ3) is 1.88. The average Bonchev–Trinajstić information content (AvgIpc) is 2.84. The van der Waals surface area contributed by atoms with Gasteiger partial charge in [0, 0.05) is 40.1 Å². The highest BCUT2D eigenvalue weighted by atomic mass is 16.3. The lowest BCUT2D eigenvalue weighted by Gasteiger charge is -2.21. The fraction of sp³-hybridized carbons (Fsp3) is 0.278. The van der Waals surface area contributed by atoms with Crippen LogP contribution in [0, 0.1) is 6.92 Å². The number of aliphatic hydroxyl groups is 1. The summed E-state index contributed by atoms with van der Waals surface area (Å²) in [6, 6.07) is 10.5. The highest BCUT2D eigenvalue weighted by Gasteiger charge is 2.24. The zero-order valence-corrected chi connectivity index (χ0v) is 12.1. The summed E-state index contributed by atoms with van der Waals surface area (Å²) in [5.41, 5.74) is 4.73. The maximum atomic E-state index is 10.2. The fourth-order valence-electron chi connectivity index (χ4n) is 3.51. The number of benzene rings is 1. The lowest BCUT2D eigenvalue weighted by atomic mass is 9.95. The summed E-state index contributed by atoms with van der Waals surface area (Å²) in [5.74, 6) is 0. The van der Waals surface area contributed by atoms with E-state index in [1.165, 1.54) is 22.5 Å². The molecule has 0 spiro atoms. The van der Waals surface area contributed by atoms with Crippen molar-refractivity contribution >= 4 is 10.8 Å². The molecular formula is C18H18N2O. The van der Waals surface area contributed by atoms with E-state index in [4.69, 9.17) is 0 Å². The predicted molar refractivity (Wildman–Crippen MR) is 83.7 cm³/mol. The molecular weight excluding hydrogens is 260 g/mol. The highest BCUT2D eigenvalue weighted by molar-refractivity contribution is 5.89. The van der Waals surface area contributed by atoms with Crippen LogP contribution in [0.25, 0.3) is 16.5 Å². The van der Waals surface area contributed by atoms with Gasteiger partial charge in [0.1, 0.15) is 0 Å². The van der Waals surface area contributed by atoms with Crippen LogP contribution < -0.4 is 0 Å². The molecule has 21 heavy (non-hydrogen) atoms. The second-order valence-corrected chi connectivity index (χ2v) is 5.81. The molecule has 1 unspecified atom stereocenters. The quantitative estimate of drug-likeness (QED) is 0.737. The molecule has 0 radical (unpaired) electrons. The maximum absolute atomic E-state index is 10.2. The minimum absolute atomic E-state index is 0.314. The number of nitrogens with zero attached hydrogens (tertiary/aromatic N) is 2. The first kappa shape index (κ1) is 12.6. The van der Waals surface area contributed by atoms with Crippen LogP contribution in [0.1, 0.15) is 35.9 Å². The van der Waals surface area contributed by atoms with Gasteiger partial charge in [-0.1, -0.05) is 12.1 Å². The number of aliphatic hydroxyl groups excluding tert-OH is 1. The van der Waals surface area contributed by atoms with Gasteiger partial charge in [0.05, 0.1) is 11.8 Å². The van der Waals surface area contributed by atoms with Gasteiger partial charge in [-0.15, -0.1) is 0 Å². The van der Waals surface area contributed by atoms with E-state index in [0.29, 0.717) is 0 Å². The summed E-state index contributed by atoms with van der Waals surface area (Å²) in [6.45, 7) is 2.12. The van der Waals surface area contributed by atoms with E-state index in [1.807, 2.05) is 12.4 Å². The lowest BCUT2D eigenvalue weighted by molar-refractivity contribution is 0.156. The largest absolute Gasteiger partial charge is 0.388 e. The van der Waals surface area contributed by atoms with Crippen LogP contribution in [0.5, 0.6) is 0 Å². The van der Waals surface area contributed by atoms with Gasteiger partial charge >= 0.3 is 0 Å². The first-order valence-electron chi connectivity index (χ1n) is 7.48. The van der Waals surface area contributed by atoms with Crippen LogP contribution in [0.4, 0.5) is 0 Å². The van der Waals surface area contributed by atoms with Gasteiger partial charge in [-0.25, -0.2) is 0 Å². The SMILES string of the molecule is Cc1cc2c(n1-c1cccc3cnccc13)CCCC2O. The molecule has 3 nitrogen and oxygen atoms in total. The van der Waals surface area contributed by atoms with Crippen LogP contribution in [0.15, 0.2) is 42.7 Å². The maximum Gasteiger partial charge on any atom is 0.0807 e. The summed E-state index contributed by atoms with van der Waals surface area (Å²) in [6.07, 6.45) is 6.37. The van der Waals surface area contributed by atoms with Crippen molar-refractivity contribution < 1.29 is 5.11 Å². The van der Waals surface area contributed by atoms with E-state index in [1.54, 1.807) is 0 Å². The number of pyridine rings is 1. The Morgan fingerprint density at radius 1 is 1.29 bits per heavy atom. The van der Waals surface area contributed by atoms with Gasteiger partial charge in [0.25, 0.3) is 0 Å². The van der Waals surface area contributed by atoms with Crippen molar-refractivity contribution in [2.75, 3.05) is 0 Å². The Morgan fingerprint density at radius 3 is 3.10 bits per heavy atom. The molecule has 0 saturated carbocycles. The minimum atomic E-state index is -0.314. The molecule has 1 atom stereocenters. The Labute approximate surface area is 123 Å². The van der Waals surface area contributed by atoms with Crippen LogP contribution in [-0.4, -0.2) is 14.7 Å². The summed E-state index contributed by atoms with van der Waals surface area (Å²) >= 11 is 0. The second kappa shape index (κ2) is 4.71. The van der Waals surface area contributed by atoms with E-state index >= 15 is 0 Å². The molecule has 0 fully saturated rings. The zero-order chi connectivity index (χ0) is 14.4. The van der Waals surface area contributed by atoms with Gasteiger partial charge in [-0.05, 0) is 44.4 Å². The summed E-state index contributed by atoms with van der Waals surface area (Å²) in [5, 5.41) is 12.6. The Balaban J connectivity index is 2.02.